The van der Waals surface area contributed by atoms with Gasteiger partial charge in [-0.15, -0.1) is 11.3 Å². The van der Waals surface area contributed by atoms with Crippen LogP contribution in [0.4, 0.5) is 5.13 Å². The largest absolute Gasteiger partial charge is 0.464 e. The molecule has 2 rings (SSSR count). The average Bonchev–Trinajstić information content (AvgIpc) is 3.07. The highest BCUT2D eigenvalue weighted by Crippen LogP contribution is 2.22. The van der Waals surface area contributed by atoms with Gasteiger partial charge in [-0.2, -0.15) is 0 Å². The summed E-state index contributed by atoms with van der Waals surface area (Å²) < 4.78 is 4.66. The third-order valence-corrected chi connectivity index (χ3v) is 4.18. The quantitative estimate of drug-likeness (QED) is 0.837. The molecule has 0 radical (unpaired) electrons. The number of esters is 1. The first-order chi connectivity index (χ1) is 9.61. The Morgan fingerprint density at radius 3 is 2.75 bits per heavy atom. The molecule has 1 aliphatic rings. The van der Waals surface area contributed by atoms with E-state index in [4.69, 9.17) is 0 Å². The molecule has 7 heteroatoms. The SMILES string of the molecule is COC(=O)c1nc(NCCC(=O)N2CCCC2)sc1C. The van der Waals surface area contributed by atoms with E-state index in [-0.39, 0.29) is 5.91 Å². The number of amides is 1. The molecule has 1 aromatic rings. The van der Waals surface area contributed by atoms with Crippen LogP contribution in [0, 0.1) is 6.92 Å². The van der Waals surface area contributed by atoms with Gasteiger partial charge in [-0.05, 0) is 19.8 Å². The molecule has 1 aliphatic heterocycles. The standard InChI is InChI=1S/C13H19N3O3S/c1-9-11(12(18)19-2)15-13(20-9)14-6-5-10(17)16-7-3-4-8-16/h3-8H2,1-2H3,(H,14,15). The highest BCUT2D eigenvalue weighted by Gasteiger charge is 2.18. The fourth-order valence-electron chi connectivity index (χ4n) is 2.16. The lowest BCUT2D eigenvalue weighted by Crippen LogP contribution is -2.29. The van der Waals surface area contributed by atoms with E-state index in [1.54, 1.807) is 0 Å². The topological polar surface area (TPSA) is 71.5 Å². The van der Waals surface area contributed by atoms with E-state index >= 15 is 0 Å². The van der Waals surface area contributed by atoms with E-state index in [1.807, 2.05) is 11.8 Å². The summed E-state index contributed by atoms with van der Waals surface area (Å²) in [5, 5.41) is 3.74. The molecule has 1 fully saturated rings. The number of hydrogen-bond acceptors (Lipinski definition) is 6. The molecular formula is C13H19N3O3S. The lowest BCUT2D eigenvalue weighted by atomic mass is 10.3. The van der Waals surface area contributed by atoms with Gasteiger partial charge in [0.2, 0.25) is 5.91 Å². The van der Waals surface area contributed by atoms with Gasteiger partial charge in [-0.1, -0.05) is 0 Å². The summed E-state index contributed by atoms with van der Waals surface area (Å²) in [6.07, 6.45) is 2.66. The van der Waals surface area contributed by atoms with Crippen molar-refractivity contribution in [3.8, 4) is 0 Å². The monoisotopic (exact) mass is 297 g/mol. The molecule has 0 bridgehead atoms. The van der Waals surface area contributed by atoms with E-state index in [0.717, 1.165) is 30.8 Å². The number of methoxy groups -OCH3 is 1. The molecule has 1 N–H and O–H groups in total. The van der Waals surface area contributed by atoms with Crippen LogP contribution < -0.4 is 5.32 Å². The van der Waals surface area contributed by atoms with Crippen molar-refractivity contribution in [2.45, 2.75) is 26.2 Å². The van der Waals surface area contributed by atoms with Crippen LogP contribution in [0.25, 0.3) is 0 Å². The van der Waals surface area contributed by atoms with Gasteiger partial charge in [0.1, 0.15) is 0 Å². The molecule has 0 saturated carbocycles. The molecule has 2 heterocycles. The van der Waals surface area contributed by atoms with Crippen LogP contribution in [-0.4, -0.2) is 48.5 Å². The van der Waals surface area contributed by atoms with Crippen molar-refractivity contribution in [1.82, 2.24) is 9.88 Å². The van der Waals surface area contributed by atoms with E-state index in [0.29, 0.717) is 23.8 Å². The zero-order valence-corrected chi connectivity index (χ0v) is 12.6. The Labute approximate surface area is 122 Å². The Morgan fingerprint density at radius 1 is 1.40 bits per heavy atom. The summed E-state index contributed by atoms with van der Waals surface area (Å²) in [5.74, 6) is -0.253. The first kappa shape index (κ1) is 14.8. The summed E-state index contributed by atoms with van der Waals surface area (Å²) in [6, 6.07) is 0. The number of hydrogen-bond donors (Lipinski definition) is 1. The number of aromatic nitrogens is 1. The maximum Gasteiger partial charge on any atom is 0.357 e. The van der Waals surface area contributed by atoms with Crippen LogP contribution in [0.2, 0.25) is 0 Å². The van der Waals surface area contributed by atoms with Crippen molar-refractivity contribution in [1.29, 1.82) is 0 Å². The third-order valence-electron chi connectivity index (χ3n) is 3.25. The first-order valence-corrected chi connectivity index (χ1v) is 7.51. The number of thiazole rings is 1. The minimum Gasteiger partial charge on any atom is -0.464 e. The molecule has 0 aromatic carbocycles. The Balaban J connectivity index is 1.82. The fraction of sp³-hybridized carbons (Fsp3) is 0.615. The second-order valence-electron chi connectivity index (χ2n) is 4.68. The summed E-state index contributed by atoms with van der Waals surface area (Å²) in [7, 11) is 1.34. The number of carbonyl (C=O) groups excluding carboxylic acids is 2. The number of nitrogens with one attached hydrogen (secondary N) is 1. The van der Waals surface area contributed by atoms with E-state index < -0.39 is 5.97 Å². The zero-order valence-electron chi connectivity index (χ0n) is 11.8. The van der Waals surface area contributed by atoms with Gasteiger partial charge in [-0.25, -0.2) is 9.78 Å². The Kier molecular flexibility index (Phi) is 4.94. The number of aryl methyl sites for hydroxylation is 1. The zero-order chi connectivity index (χ0) is 14.5. The number of anilines is 1. The summed E-state index contributed by atoms with van der Waals surface area (Å²) in [6.45, 7) is 4.11. The number of rotatable bonds is 5. The molecule has 1 aromatic heterocycles. The smallest absolute Gasteiger partial charge is 0.357 e. The first-order valence-electron chi connectivity index (χ1n) is 6.69. The summed E-state index contributed by atoms with van der Waals surface area (Å²) in [4.78, 5) is 30.2. The number of nitrogens with zero attached hydrogens (tertiary/aromatic N) is 2. The normalized spacial score (nSPS) is 14.4. The van der Waals surface area contributed by atoms with Crippen LogP contribution >= 0.6 is 11.3 Å². The van der Waals surface area contributed by atoms with Gasteiger partial charge >= 0.3 is 5.97 Å². The van der Waals surface area contributed by atoms with Gasteiger partial charge < -0.3 is 15.0 Å². The van der Waals surface area contributed by atoms with Crippen molar-refractivity contribution in [2.75, 3.05) is 32.1 Å². The number of carbonyl (C=O) groups is 2. The molecule has 0 spiro atoms. The van der Waals surface area contributed by atoms with Crippen molar-refractivity contribution >= 4 is 28.3 Å². The van der Waals surface area contributed by atoms with E-state index in [2.05, 4.69) is 15.0 Å². The van der Waals surface area contributed by atoms with Crippen molar-refractivity contribution in [3.05, 3.63) is 10.6 Å². The molecule has 0 unspecified atom stereocenters. The van der Waals surface area contributed by atoms with Crippen LogP contribution in [-0.2, 0) is 9.53 Å². The van der Waals surface area contributed by atoms with E-state index in [1.165, 1.54) is 18.4 Å². The predicted octanol–water partition coefficient (Wildman–Crippen LogP) is 1.66. The second-order valence-corrected chi connectivity index (χ2v) is 5.88. The second kappa shape index (κ2) is 6.69. The molecule has 1 saturated heterocycles. The molecule has 0 aliphatic carbocycles. The van der Waals surface area contributed by atoms with E-state index in [9.17, 15) is 9.59 Å². The molecule has 0 atom stereocenters. The third kappa shape index (κ3) is 3.47. The highest BCUT2D eigenvalue weighted by molar-refractivity contribution is 7.15. The van der Waals surface area contributed by atoms with Gasteiger partial charge in [0, 0.05) is 30.9 Å². The Bertz CT molecular complexity index is 495. The fourth-order valence-corrected chi connectivity index (χ4v) is 2.99. The highest BCUT2D eigenvalue weighted by atomic mass is 32.1. The van der Waals surface area contributed by atoms with Crippen LogP contribution in [0.5, 0.6) is 0 Å². The van der Waals surface area contributed by atoms with Gasteiger partial charge in [0.15, 0.2) is 10.8 Å². The van der Waals surface area contributed by atoms with Crippen LogP contribution in [0.15, 0.2) is 0 Å². The predicted molar refractivity (Wildman–Crippen MR) is 77.1 cm³/mol. The van der Waals surface area contributed by atoms with Crippen molar-refractivity contribution in [2.24, 2.45) is 0 Å². The Morgan fingerprint density at radius 2 is 2.10 bits per heavy atom. The molecular weight excluding hydrogens is 278 g/mol. The average molecular weight is 297 g/mol. The lowest BCUT2D eigenvalue weighted by molar-refractivity contribution is -0.129. The number of ether oxygens (including phenoxy) is 1. The maximum atomic E-state index is 11.9. The van der Waals surface area contributed by atoms with Gasteiger partial charge in [0.25, 0.3) is 0 Å². The van der Waals surface area contributed by atoms with Crippen LogP contribution in [0.3, 0.4) is 0 Å². The molecule has 6 nitrogen and oxygen atoms in total. The molecule has 20 heavy (non-hydrogen) atoms. The summed E-state index contributed by atoms with van der Waals surface area (Å²) >= 11 is 1.39. The molecule has 110 valence electrons. The number of likely N-dealkylation sites (tertiary alicyclic amines) is 1. The molecule has 1 amide bonds. The lowest BCUT2D eigenvalue weighted by Gasteiger charge is -2.14. The van der Waals surface area contributed by atoms with Crippen molar-refractivity contribution in [3.63, 3.8) is 0 Å². The van der Waals surface area contributed by atoms with Gasteiger partial charge in [-0.3, -0.25) is 4.79 Å². The maximum absolute atomic E-state index is 11.9. The minimum absolute atomic E-state index is 0.177. The van der Waals surface area contributed by atoms with Crippen LogP contribution in [0.1, 0.15) is 34.6 Å². The minimum atomic E-state index is -0.431. The van der Waals surface area contributed by atoms with Gasteiger partial charge in [0.05, 0.1) is 7.11 Å². The van der Waals surface area contributed by atoms with Crippen molar-refractivity contribution < 1.29 is 14.3 Å². The Hall–Kier alpha value is -1.63. The summed E-state index contributed by atoms with van der Waals surface area (Å²) in [5.41, 5.74) is 0.339.